The Balaban J connectivity index is 2.19. The number of hydrogen-bond acceptors (Lipinski definition) is 2. The van der Waals surface area contributed by atoms with Crippen molar-refractivity contribution < 1.29 is 9.84 Å². The summed E-state index contributed by atoms with van der Waals surface area (Å²) < 4.78 is 5.80. The molecule has 0 aliphatic carbocycles. The van der Waals surface area contributed by atoms with Crippen LogP contribution in [-0.2, 0) is 10.3 Å². The molecule has 2 heteroatoms. The summed E-state index contributed by atoms with van der Waals surface area (Å²) in [4.78, 5) is 0. The van der Waals surface area contributed by atoms with Gasteiger partial charge in [0.05, 0.1) is 0 Å². The molecule has 0 spiro atoms. The van der Waals surface area contributed by atoms with Crippen molar-refractivity contribution in [3.63, 3.8) is 0 Å². The van der Waals surface area contributed by atoms with E-state index in [1.54, 1.807) is 13.2 Å². The maximum atomic E-state index is 11.9. The van der Waals surface area contributed by atoms with Crippen LogP contribution in [-0.4, -0.2) is 12.2 Å². The van der Waals surface area contributed by atoms with Crippen LogP contribution in [0.5, 0.6) is 0 Å². The third-order valence-corrected chi connectivity index (χ3v) is 4.52. The van der Waals surface area contributed by atoms with Crippen LogP contribution < -0.4 is 0 Å². The van der Waals surface area contributed by atoms with Gasteiger partial charge in [0.2, 0.25) is 0 Å². The molecule has 2 atom stereocenters. The summed E-state index contributed by atoms with van der Waals surface area (Å²) in [6.45, 7) is 3.79. The molecule has 0 aliphatic rings. The molecule has 0 amide bonds. The smallest absolute Gasteiger partial charge is 0.145 e. The fourth-order valence-corrected chi connectivity index (χ4v) is 3.21. The normalized spacial score (nSPS) is 14.5. The van der Waals surface area contributed by atoms with Gasteiger partial charge < -0.3 is 9.84 Å². The van der Waals surface area contributed by atoms with Gasteiger partial charge in [-0.05, 0) is 22.3 Å². The molecule has 0 fully saturated rings. The molecule has 1 N–H and O–H groups in total. The lowest BCUT2D eigenvalue weighted by Gasteiger charge is -2.36. The summed E-state index contributed by atoms with van der Waals surface area (Å²) in [5.41, 5.74) is 2.19. The second-order valence-corrected chi connectivity index (χ2v) is 5.98. The summed E-state index contributed by atoms with van der Waals surface area (Å²) in [6, 6.07) is 27.2. The zero-order chi connectivity index (χ0) is 17.7. The van der Waals surface area contributed by atoms with Crippen molar-refractivity contribution in [1.82, 2.24) is 0 Å². The average Bonchev–Trinajstić information content (AvgIpc) is 2.70. The molecule has 126 valence electrons. The van der Waals surface area contributed by atoms with Crippen LogP contribution in [0.15, 0.2) is 91.5 Å². The molecule has 3 aromatic rings. The van der Waals surface area contributed by atoms with Crippen molar-refractivity contribution in [2.45, 2.75) is 11.7 Å². The molecule has 0 bridgehead atoms. The Morgan fingerprint density at radius 3 is 1.88 bits per heavy atom. The van der Waals surface area contributed by atoms with E-state index in [1.165, 1.54) is 0 Å². The SMILES string of the molecule is C=Cc1ccc(C(O)(c2ccccc2)C(OC)c2ccccc2)cc1. The minimum Gasteiger partial charge on any atom is -0.377 e. The Kier molecular flexibility index (Phi) is 5.13. The zero-order valence-electron chi connectivity index (χ0n) is 14.3. The molecule has 0 saturated heterocycles. The van der Waals surface area contributed by atoms with Crippen LogP contribution in [0.2, 0.25) is 0 Å². The van der Waals surface area contributed by atoms with Crippen LogP contribution in [0.4, 0.5) is 0 Å². The Hall–Kier alpha value is -2.68. The predicted molar refractivity (Wildman–Crippen MR) is 102 cm³/mol. The molecule has 2 nitrogen and oxygen atoms in total. The number of benzene rings is 3. The van der Waals surface area contributed by atoms with Crippen molar-refractivity contribution in [1.29, 1.82) is 0 Å². The van der Waals surface area contributed by atoms with Gasteiger partial charge in [-0.3, -0.25) is 0 Å². The highest BCUT2D eigenvalue weighted by Crippen LogP contribution is 2.43. The van der Waals surface area contributed by atoms with Gasteiger partial charge >= 0.3 is 0 Å². The van der Waals surface area contributed by atoms with E-state index in [9.17, 15) is 5.11 Å². The summed E-state index contributed by atoms with van der Waals surface area (Å²) in [5.74, 6) is 0. The maximum absolute atomic E-state index is 11.9. The van der Waals surface area contributed by atoms with E-state index < -0.39 is 11.7 Å². The molecule has 0 aromatic heterocycles. The zero-order valence-corrected chi connectivity index (χ0v) is 14.3. The Morgan fingerprint density at radius 1 is 0.840 bits per heavy atom. The van der Waals surface area contributed by atoms with Gasteiger partial charge in [0.15, 0.2) is 0 Å². The van der Waals surface area contributed by atoms with Crippen LogP contribution in [0.3, 0.4) is 0 Å². The van der Waals surface area contributed by atoms with Crippen LogP contribution in [0.25, 0.3) is 6.08 Å². The fourth-order valence-electron chi connectivity index (χ4n) is 3.21. The van der Waals surface area contributed by atoms with Gasteiger partial charge in [0.1, 0.15) is 11.7 Å². The second kappa shape index (κ2) is 7.47. The molecule has 0 aliphatic heterocycles. The molecule has 0 radical (unpaired) electrons. The number of hydrogen-bond donors (Lipinski definition) is 1. The highest BCUT2D eigenvalue weighted by atomic mass is 16.5. The molecule has 3 rings (SSSR count). The minimum atomic E-state index is -1.31. The van der Waals surface area contributed by atoms with Gasteiger partial charge in [0, 0.05) is 7.11 Å². The van der Waals surface area contributed by atoms with E-state index in [4.69, 9.17) is 4.74 Å². The average molecular weight is 330 g/mol. The van der Waals surface area contributed by atoms with Crippen molar-refractivity contribution in [2.24, 2.45) is 0 Å². The van der Waals surface area contributed by atoms with Crippen LogP contribution in [0.1, 0.15) is 28.4 Å². The molecule has 25 heavy (non-hydrogen) atoms. The van der Waals surface area contributed by atoms with E-state index in [2.05, 4.69) is 6.58 Å². The summed E-state index contributed by atoms with van der Waals surface area (Å²) in [5, 5.41) is 11.9. The van der Waals surface area contributed by atoms with E-state index in [0.717, 1.165) is 22.3 Å². The monoisotopic (exact) mass is 330 g/mol. The summed E-state index contributed by atoms with van der Waals surface area (Å²) in [7, 11) is 1.63. The molecule has 3 aromatic carbocycles. The molecule has 0 heterocycles. The number of ether oxygens (including phenoxy) is 1. The Labute approximate surface area is 149 Å². The number of rotatable bonds is 6. The second-order valence-electron chi connectivity index (χ2n) is 5.98. The lowest BCUT2D eigenvalue weighted by Crippen LogP contribution is -2.36. The van der Waals surface area contributed by atoms with Crippen molar-refractivity contribution >= 4 is 6.08 Å². The molecular formula is C23H22O2. The highest BCUT2D eigenvalue weighted by molar-refractivity contribution is 5.50. The first-order chi connectivity index (χ1) is 12.2. The Bertz CT molecular complexity index is 810. The quantitative estimate of drug-likeness (QED) is 0.693. The van der Waals surface area contributed by atoms with E-state index >= 15 is 0 Å². The third-order valence-electron chi connectivity index (χ3n) is 4.52. The summed E-state index contributed by atoms with van der Waals surface area (Å²) in [6.07, 6.45) is 1.25. The standard InChI is InChI=1S/C23H22O2/c1-3-18-14-16-21(17-15-18)23(24,20-12-8-5-9-13-20)22(25-2)19-10-6-4-7-11-19/h3-17,22,24H,1H2,2H3. The predicted octanol–water partition coefficient (Wildman–Crippen LogP) is 4.95. The van der Waals surface area contributed by atoms with E-state index in [1.807, 2.05) is 84.9 Å². The van der Waals surface area contributed by atoms with Gasteiger partial charge in [-0.25, -0.2) is 0 Å². The highest BCUT2D eigenvalue weighted by Gasteiger charge is 2.41. The molecular weight excluding hydrogens is 308 g/mol. The van der Waals surface area contributed by atoms with Gasteiger partial charge in [0.25, 0.3) is 0 Å². The third kappa shape index (κ3) is 3.27. The first-order valence-corrected chi connectivity index (χ1v) is 8.28. The fraction of sp³-hybridized carbons (Fsp3) is 0.130. The maximum Gasteiger partial charge on any atom is 0.145 e. The van der Waals surface area contributed by atoms with Gasteiger partial charge in [-0.15, -0.1) is 0 Å². The lowest BCUT2D eigenvalue weighted by molar-refractivity contribution is -0.0743. The first-order valence-electron chi connectivity index (χ1n) is 8.28. The first kappa shape index (κ1) is 17.2. The van der Waals surface area contributed by atoms with Gasteiger partial charge in [-0.2, -0.15) is 0 Å². The van der Waals surface area contributed by atoms with Crippen molar-refractivity contribution in [3.05, 3.63) is 114 Å². The van der Waals surface area contributed by atoms with Crippen LogP contribution >= 0.6 is 0 Å². The van der Waals surface area contributed by atoms with Crippen molar-refractivity contribution in [3.8, 4) is 0 Å². The van der Waals surface area contributed by atoms with Crippen LogP contribution in [0, 0.1) is 0 Å². The van der Waals surface area contributed by atoms with E-state index in [0.29, 0.717) is 0 Å². The topological polar surface area (TPSA) is 29.5 Å². The number of aliphatic hydroxyl groups is 1. The van der Waals surface area contributed by atoms with Crippen molar-refractivity contribution in [2.75, 3.05) is 7.11 Å². The van der Waals surface area contributed by atoms with Gasteiger partial charge in [-0.1, -0.05) is 97.6 Å². The number of methoxy groups -OCH3 is 1. The minimum absolute atomic E-state index is 0.536. The largest absolute Gasteiger partial charge is 0.377 e. The molecule has 2 unspecified atom stereocenters. The summed E-state index contributed by atoms with van der Waals surface area (Å²) >= 11 is 0. The Morgan fingerprint density at radius 2 is 1.36 bits per heavy atom. The lowest BCUT2D eigenvalue weighted by atomic mass is 9.78. The van der Waals surface area contributed by atoms with E-state index in [-0.39, 0.29) is 0 Å². The molecule has 0 saturated carbocycles.